The molecule has 0 heterocycles. The zero-order chi connectivity index (χ0) is 24.3. The van der Waals surface area contributed by atoms with E-state index in [2.05, 4.69) is 27.7 Å². The molecule has 0 spiro atoms. The first-order chi connectivity index (χ1) is 15.9. The minimum Gasteiger partial charge on any atom is -0.461 e. The fourth-order valence-electron chi connectivity index (χ4n) is 2.82. The summed E-state index contributed by atoms with van der Waals surface area (Å²) in [5, 5.41) is 0. The zero-order valence-corrected chi connectivity index (χ0v) is 23.6. The van der Waals surface area contributed by atoms with Gasteiger partial charge in [0.1, 0.15) is 13.2 Å². The monoisotopic (exact) mass is 560 g/mol. The molecular formula is C28H40O4Sn. The molecule has 0 aliphatic carbocycles. The maximum atomic E-state index is 11.6. The minimum absolute atomic E-state index is 0.0709. The van der Waals surface area contributed by atoms with Gasteiger partial charge in [-0.15, -0.1) is 0 Å². The van der Waals surface area contributed by atoms with Crippen LogP contribution in [0.5, 0.6) is 0 Å². The summed E-state index contributed by atoms with van der Waals surface area (Å²) < 4.78 is 13.5. The summed E-state index contributed by atoms with van der Waals surface area (Å²) in [6, 6.07) is 19.1. The van der Waals surface area contributed by atoms with Crippen molar-refractivity contribution in [1.29, 1.82) is 0 Å². The molecule has 2 aromatic rings. The van der Waals surface area contributed by atoms with Gasteiger partial charge in [0.05, 0.1) is 0 Å². The molecule has 0 fully saturated rings. The van der Waals surface area contributed by atoms with Crippen molar-refractivity contribution >= 4 is 33.1 Å². The maximum Gasteiger partial charge on any atom is 0.306 e. The first-order valence-corrected chi connectivity index (χ1v) is 16.0. The van der Waals surface area contributed by atoms with Gasteiger partial charge in [0, 0.05) is 12.8 Å². The van der Waals surface area contributed by atoms with Crippen molar-refractivity contribution in [3.05, 3.63) is 71.8 Å². The number of hydrogen-bond donors (Lipinski definition) is 0. The third kappa shape index (κ3) is 17.3. The van der Waals surface area contributed by atoms with Crippen LogP contribution in [0.4, 0.5) is 0 Å². The van der Waals surface area contributed by atoms with Gasteiger partial charge in [-0.25, -0.2) is 0 Å². The molecule has 4 nitrogen and oxygen atoms in total. The Kier molecular flexibility index (Phi) is 16.5. The van der Waals surface area contributed by atoms with Crippen LogP contribution in [-0.2, 0) is 32.3 Å². The Bertz CT molecular complexity index is 694. The molecule has 5 heteroatoms. The van der Waals surface area contributed by atoms with E-state index >= 15 is 0 Å². The quantitative estimate of drug-likeness (QED) is 0.153. The summed E-state index contributed by atoms with van der Waals surface area (Å²) in [7, 11) is 0. The first kappa shape index (κ1) is 29.2. The molecule has 0 saturated carbocycles. The van der Waals surface area contributed by atoms with Crippen LogP contribution in [0.15, 0.2) is 60.7 Å². The van der Waals surface area contributed by atoms with Gasteiger partial charge in [-0.3, -0.25) is 9.59 Å². The molecule has 33 heavy (non-hydrogen) atoms. The van der Waals surface area contributed by atoms with Crippen molar-refractivity contribution < 1.29 is 19.1 Å². The second-order valence-electron chi connectivity index (χ2n) is 8.95. The van der Waals surface area contributed by atoms with E-state index < -0.39 is 0 Å². The van der Waals surface area contributed by atoms with Gasteiger partial charge in [0.15, 0.2) is 0 Å². The van der Waals surface area contributed by atoms with Gasteiger partial charge in [-0.05, 0) is 24.0 Å². The van der Waals surface area contributed by atoms with E-state index in [9.17, 15) is 9.59 Å². The number of benzene rings is 2. The standard InChI is InChI=1S/C20H22O4.2C4H9.Sn/c21-19(23-15-17-9-3-1-4-10-17)13-7-8-14-20(22)24-16-18-11-5-2-6-12-18;2*1-4(2)3;/h1-6,9-12H,7-8,13-16H2;2*4H,1H2,2-3H3;. The average molecular weight is 559 g/mol. The van der Waals surface area contributed by atoms with E-state index in [1.54, 1.807) is 8.87 Å². The molecule has 180 valence electrons. The summed E-state index contributed by atoms with van der Waals surface area (Å²) in [6.07, 6.45) is 1.87. The first-order valence-electron chi connectivity index (χ1n) is 12.0. The normalized spacial score (nSPS) is 10.5. The number of carbonyl (C=O) groups is 2. The topological polar surface area (TPSA) is 52.6 Å². The smallest absolute Gasteiger partial charge is 0.306 e. The molecule has 0 unspecified atom stereocenters. The molecule has 2 radical (unpaired) electrons. The van der Waals surface area contributed by atoms with Crippen LogP contribution < -0.4 is 0 Å². The molecule has 2 rings (SSSR count). The van der Waals surface area contributed by atoms with E-state index in [4.69, 9.17) is 9.47 Å². The summed E-state index contributed by atoms with van der Waals surface area (Å²) in [5.41, 5.74) is 1.94. The molecule has 0 aliphatic heterocycles. The number of rotatable bonds is 13. The molecular weight excluding hydrogens is 519 g/mol. The number of ether oxygens (including phenoxy) is 2. The summed E-state index contributed by atoms with van der Waals surface area (Å²) in [4.78, 5) is 23.3. The molecule has 0 aliphatic rings. The van der Waals surface area contributed by atoms with Crippen molar-refractivity contribution in [3.63, 3.8) is 0 Å². The van der Waals surface area contributed by atoms with Crippen LogP contribution in [-0.4, -0.2) is 33.1 Å². The molecule has 0 aromatic heterocycles. The number of unbranched alkanes of at least 4 members (excludes halogenated alkanes) is 1. The Balaban J connectivity index is 0.000000513. The average Bonchev–Trinajstić information content (AvgIpc) is 2.80. The molecule has 0 amide bonds. The maximum absolute atomic E-state index is 11.6. The van der Waals surface area contributed by atoms with Crippen LogP contribution >= 0.6 is 0 Å². The molecule has 0 saturated heterocycles. The zero-order valence-electron chi connectivity index (χ0n) is 20.7. The van der Waals surface area contributed by atoms with Gasteiger partial charge in [-0.2, -0.15) is 0 Å². The fourth-order valence-corrected chi connectivity index (χ4v) is 6.59. The third-order valence-electron chi connectivity index (χ3n) is 4.60. The van der Waals surface area contributed by atoms with Crippen LogP contribution in [0.2, 0.25) is 8.87 Å². The SMILES string of the molecule is CC(C)[CH2][Sn][CH2]C(C)C.O=C(CCCCC(=O)OCc1ccccc1)OCc1ccccc1. The number of carbonyl (C=O) groups excluding carboxylic acids is 2. The van der Waals surface area contributed by atoms with E-state index in [-0.39, 0.29) is 33.1 Å². The minimum atomic E-state index is -0.239. The predicted molar refractivity (Wildman–Crippen MR) is 136 cm³/mol. The van der Waals surface area contributed by atoms with E-state index in [1.165, 1.54) is 0 Å². The van der Waals surface area contributed by atoms with Crippen LogP contribution in [0.1, 0.15) is 64.5 Å². The Morgan fingerprint density at radius 3 is 1.36 bits per heavy atom. The third-order valence-corrected chi connectivity index (χ3v) is 10.9. The van der Waals surface area contributed by atoms with Gasteiger partial charge in [-0.1, -0.05) is 60.7 Å². The molecule has 0 atom stereocenters. The second kappa shape index (κ2) is 18.6. The van der Waals surface area contributed by atoms with E-state index in [0.717, 1.165) is 23.0 Å². The number of hydrogen-bond acceptors (Lipinski definition) is 4. The van der Waals surface area contributed by atoms with E-state index in [1.807, 2.05) is 60.7 Å². The Hall–Kier alpha value is -1.82. The second-order valence-corrected chi connectivity index (χ2v) is 12.7. The van der Waals surface area contributed by atoms with Gasteiger partial charge < -0.3 is 9.47 Å². The van der Waals surface area contributed by atoms with Gasteiger partial charge >= 0.3 is 81.5 Å². The van der Waals surface area contributed by atoms with Crippen LogP contribution in [0.25, 0.3) is 0 Å². The van der Waals surface area contributed by atoms with Crippen molar-refractivity contribution in [2.75, 3.05) is 0 Å². The van der Waals surface area contributed by atoms with Gasteiger partial charge in [0.2, 0.25) is 0 Å². The van der Waals surface area contributed by atoms with Crippen molar-refractivity contribution in [3.8, 4) is 0 Å². The summed E-state index contributed by atoms with van der Waals surface area (Å²) in [5.74, 6) is 1.46. The fraction of sp³-hybridized carbons (Fsp3) is 0.500. The summed E-state index contributed by atoms with van der Waals surface area (Å²) in [6.45, 7) is 9.92. The molecule has 0 N–H and O–H groups in total. The van der Waals surface area contributed by atoms with Crippen molar-refractivity contribution in [2.24, 2.45) is 11.8 Å². The van der Waals surface area contributed by atoms with E-state index in [0.29, 0.717) is 38.9 Å². The largest absolute Gasteiger partial charge is 0.461 e. The van der Waals surface area contributed by atoms with Gasteiger partial charge in [0.25, 0.3) is 0 Å². The molecule has 2 aromatic carbocycles. The number of esters is 2. The molecule has 0 bridgehead atoms. The van der Waals surface area contributed by atoms with Crippen LogP contribution in [0.3, 0.4) is 0 Å². The Labute approximate surface area is 210 Å². The van der Waals surface area contributed by atoms with Crippen LogP contribution in [0, 0.1) is 11.8 Å². The Morgan fingerprint density at radius 1 is 0.667 bits per heavy atom. The van der Waals surface area contributed by atoms with Crippen molar-refractivity contribution in [1.82, 2.24) is 0 Å². The predicted octanol–water partition coefficient (Wildman–Crippen LogP) is 6.87. The Morgan fingerprint density at radius 2 is 1.03 bits per heavy atom. The van der Waals surface area contributed by atoms with Crippen molar-refractivity contribution in [2.45, 2.75) is 75.5 Å². The summed E-state index contributed by atoms with van der Waals surface area (Å²) >= 11 is 0.0709.